The molecule has 0 radical (unpaired) electrons. The van der Waals surface area contributed by atoms with Crippen LogP contribution < -0.4 is 4.90 Å². The van der Waals surface area contributed by atoms with E-state index in [1.807, 2.05) is 0 Å². The lowest BCUT2D eigenvalue weighted by molar-refractivity contribution is 0.188. The highest BCUT2D eigenvalue weighted by atomic mass is 32.2. The average Bonchev–Trinajstić information content (AvgIpc) is 2.91. The summed E-state index contributed by atoms with van der Waals surface area (Å²) in [4.78, 5) is 13.7. The molecule has 1 fully saturated rings. The Morgan fingerprint density at radius 1 is 1.12 bits per heavy atom. The van der Waals surface area contributed by atoms with E-state index in [1.165, 1.54) is 0 Å². The number of β-amino-alcohol motifs (C(OH)–C–C–N with tert-alkyl or cyclic N) is 1. The van der Waals surface area contributed by atoms with Crippen LogP contribution in [0.25, 0.3) is 10.9 Å². The molecule has 1 aromatic carbocycles. The lowest BCUT2D eigenvalue weighted by Gasteiger charge is -2.35. The molecule has 0 unspecified atom stereocenters. The van der Waals surface area contributed by atoms with Crippen LogP contribution in [0.4, 0.5) is 5.82 Å². The molecule has 1 saturated heterocycles. The van der Waals surface area contributed by atoms with Crippen LogP contribution in [0.1, 0.15) is 5.56 Å². The Kier molecular flexibility index (Phi) is 3.90. The first kappa shape index (κ1) is 15.7. The van der Waals surface area contributed by atoms with E-state index >= 15 is 0 Å². The smallest absolute Gasteiger partial charge is 0.179 e. The fourth-order valence-corrected chi connectivity index (χ4v) is 5.18. The number of benzene rings is 1. The molecule has 1 aromatic heterocycles. The molecule has 0 aliphatic carbocycles. The third-order valence-electron chi connectivity index (χ3n) is 4.89. The largest absolute Gasteiger partial charge is 0.395 e. The van der Waals surface area contributed by atoms with Gasteiger partial charge in [0.05, 0.1) is 22.8 Å². The first-order valence-corrected chi connectivity index (χ1v) is 9.83. The van der Waals surface area contributed by atoms with Crippen molar-refractivity contribution in [3.05, 3.63) is 24.0 Å². The molecule has 4 rings (SSSR count). The van der Waals surface area contributed by atoms with E-state index in [4.69, 9.17) is 5.11 Å². The van der Waals surface area contributed by atoms with E-state index in [2.05, 4.69) is 19.8 Å². The number of piperazine rings is 1. The number of nitrogens with zero attached hydrogens (tertiary/aromatic N) is 4. The van der Waals surface area contributed by atoms with E-state index in [9.17, 15) is 8.42 Å². The second-order valence-electron chi connectivity index (χ2n) is 6.25. The molecular formula is C16H20N4O3S. The van der Waals surface area contributed by atoms with Gasteiger partial charge in [-0.05, 0) is 24.1 Å². The summed E-state index contributed by atoms with van der Waals surface area (Å²) < 4.78 is 24.4. The third-order valence-corrected chi connectivity index (χ3v) is 6.69. The molecule has 24 heavy (non-hydrogen) atoms. The summed E-state index contributed by atoms with van der Waals surface area (Å²) in [5, 5.41) is 9.95. The number of sulfone groups is 1. The normalized spacial score (nSPS) is 20.5. The molecule has 7 nitrogen and oxygen atoms in total. The molecule has 8 heteroatoms. The van der Waals surface area contributed by atoms with Crippen molar-refractivity contribution in [2.24, 2.45) is 0 Å². The van der Waals surface area contributed by atoms with Gasteiger partial charge in [-0.25, -0.2) is 18.4 Å². The number of hydrogen-bond acceptors (Lipinski definition) is 7. The molecule has 2 aromatic rings. The summed E-state index contributed by atoms with van der Waals surface area (Å²) in [6, 6.07) is 3.46. The van der Waals surface area contributed by atoms with E-state index in [0.717, 1.165) is 48.5 Å². The predicted molar refractivity (Wildman–Crippen MR) is 91.0 cm³/mol. The number of aromatic nitrogens is 2. The fourth-order valence-electron chi connectivity index (χ4n) is 3.63. The van der Waals surface area contributed by atoms with Gasteiger partial charge >= 0.3 is 0 Å². The summed E-state index contributed by atoms with van der Waals surface area (Å²) in [6.45, 7) is 4.19. The maximum Gasteiger partial charge on any atom is 0.179 e. The van der Waals surface area contributed by atoms with Crippen LogP contribution in [0.15, 0.2) is 23.4 Å². The Balaban J connectivity index is 1.76. The number of aliphatic hydroxyl groups is 1. The Morgan fingerprint density at radius 2 is 1.92 bits per heavy atom. The second-order valence-corrected chi connectivity index (χ2v) is 8.33. The highest BCUT2D eigenvalue weighted by Crippen LogP contribution is 2.36. The molecule has 2 aliphatic rings. The van der Waals surface area contributed by atoms with Crippen LogP contribution in [-0.2, 0) is 16.3 Å². The molecule has 0 saturated carbocycles. The van der Waals surface area contributed by atoms with Crippen molar-refractivity contribution in [1.82, 2.24) is 14.9 Å². The molecule has 0 amide bonds. The summed E-state index contributed by atoms with van der Waals surface area (Å²) in [5.41, 5.74) is 1.66. The Morgan fingerprint density at radius 3 is 2.67 bits per heavy atom. The maximum atomic E-state index is 12.2. The molecule has 0 bridgehead atoms. The average molecular weight is 348 g/mol. The third kappa shape index (κ3) is 2.54. The Labute approximate surface area is 140 Å². The van der Waals surface area contributed by atoms with Gasteiger partial charge in [0.25, 0.3) is 0 Å². The van der Waals surface area contributed by atoms with Crippen LogP contribution in [0.2, 0.25) is 0 Å². The second kappa shape index (κ2) is 5.94. The predicted octanol–water partition coefficient (Wildman–Crippen LogP) is 0.0739. The van der Waals surface area contributed by atoms with Crippen molar-refractivity contribution >= 4 is 26.6 Å². The van der Waals surface area contributed by atoms with E-state index in [0.29, 0.717) is 17.9 Å². The first-order chi connectivity index (χ1) is 11.6. The van der Waals surface area contributed by atoms with Gasteiger partial charge in [-0.2, -0.15) is 0 Å². The van der Waals surface area contributed by atoms with Crippen molar-refractivity contribution in [2.45, 2.75) is 11.3 Å². The van der Waals surface area contributed by atoms with Gasteiger partial charge in [0.15, 0.2) is 9.84 Å². The number of rotatable bonds is 3. The van der Waals surface area contributed by atoms with Crippen molar-refractivity contribution in [2.75, 3.05) is 50.0 Å². The molecule has 0 spiro atoms. The van der Waals surface area contributed by atoms with Gasteiger partial charge in [-0.1, -0.05) is 0 Å². The fraction of sp³-hybridized carbons (Fsp3) is 0.500. The molecule has 2 aliphatic heterocycles. The number of fused-ring (bicyclic) bond motifs is 3. The molecular weight excluding hydrogens is 328 g/mol. The van der Waals surface area contributed by atoms with Gasteiger partial charge in [0.2, 0.25) is 0 Å². The quantitative estimate of drug-likeness (QED) is 0.840. The van der Waals surface area contributed by atoms with Crippen molar-refractivity contribution in [3.63, 3.8) is 0 Å². The van der Waals surface area contributed by atoms with Crippen LogP contribution in [0, 0.1) is 0 Å². The van der Waals surface area contributed by atoms with Gasteiger partial charge in [-0.3, -0.25) is 4.90 Å². The van der Waals surface area contributed by atoms with Crippen LogP contribution in [-0.4, -0.2) is 73.5 Å². The number of anilines is 1. The number of aryl methyl sites for hydroxylation is 1. The van der Waals surface area contributed by atoms with Gasteiger partial charge in [0.1, 0.15) is 12.1 Å². The lowest BCUT2D eigenvalue weighted by atomic mass is 10.1. The minimum absolute atomic E-state index is 0.167. The topological polar surface area (TPSA) is 86.6 Å². The standard InChI is InChI=1S/C16H20N4O3S/c21-9-8-19-4-6-20(7-5-19)16-15-12-3-10-24(22,23)14(12)2-1-13(15)17-11-18-16/h1-2,11,21H,3-10H2. The van der Waals surface area contributed by atoms with Crippen molar-refractivity contribution < 1.29 is 13.5 Å². The van der Waals surface area contributed by atoms with Gasteiger partial charge in [-0.15, -0.1) is 0 Å². The minimum Gasteiger partial charge on any atom is -0.395 e. The molecule has 0 atom stereocenters. The summed E-state index contributed by atoms with van der Waals surface area (Å²) in [7, 11) is -3.17. The SMILES string of the molecule is O=S1(=O)CCc2c1ccc1ncnc(N3CCN(CCO)CC3)c21. The first-order valence-electron chi connectivity index (χ1n) is 8.17. The zero-order chi connectivity index (χ0) is 16.7. The highest BCUT2D eigenvalue weighted by Gasteiger charge is 2.30. The molecule has 3 heterocycles. The van der Waals surface area contributed by atoms with E-state index in [1.54, 1.807) is 18.5 Å². The van der Waals surface area contributed by atoms with E-state index < -0.39 is 9.84 Å². The molecule has 128 valence electrons. The highest BCUT2D eigenvalue weighted by molar-refractivity contribution is 7.91. The van der Waals surface area contributed by atoms with Crippen molar-refractivity contribution in [3.8, 4) is 0 Å². The molecule has 1 N–H and O–H groups in total. The van der Waals surface area contributed by atoms with Gasteiger partial charge < -0.3 is 10.0 Å². The van der Waals surface area contributed by atoms with Gasteiger partial charge in [0, 0.05) is 38.1 Å². The Bertz CT molecular complexity index is 876. The summed E-state index contributed by atoms with van der Waals surface area (Å²) in [5.74, 6) is 0.998. The number of hydrogen-bond donors (Lipinski definition) is 1. The van der Waals surface area contributed by atoms with Crippen LogP contribution in [0.3, 0.4) is 0 Å². The Hall–Kier alpha value is -1.77. The van der Waals surface area contributed by atoms with E-state index in [-0.39, 0.29) is 12.4 Å². The van der Waals surface area contributed by atoms with Crippen molar-refractivity contribution in [1.29, 1.82) is 0 Å². The minimum atomic E-state index is -3.17. The summed E-state index contributed by atoms with van der Waals surface area (Å²) >= 11 is 0. The van der Waals surface area contributed by atoms with Crippen LogP contribution in [0.5, 0.6) is 0 Å². The monoisotopic (exact) mass is 348 g/mol. The van der Waals surface area contributed by atoms with Crippen LogP contribution >= 0.6 is 0 Å². The lowest BCUT2D eigenvalue weighted by Crippen LogP contribution is -2.47. The maximum absolute atomic E-state index is 12.2. The zero-order valence-corrected chi connectivity index (χ0v) is 14.2. The number of aliphatic hydroxyl groups excluding tert-OH is 1. The zero-order valence-electron chi connectivity index (χ0n) is 13.3. The summed E-state index contributed by atoms with van der Waals surface area (Å²) in [6.07, 6.45) is 2.08.